The van der Waals surface area contributed by atoms with Crippen LogP contribution in [-0.4, -0.2) is 16.0 Å². The number of hydrogen-bond donors (Lipinski definition) is 1. The minimum Gasteiger partial charge on any atom is -0.297 e. The monoisotopic (exact) mass is 269 g/mol. The van der Waals surface area contributed by atoms with Gasteiger partial charge in [0, 0.05) is 19.8 Å². The molecule has 19 heavy (non-hydrogen) atoms. The van der Waals surface area contributed by atoms with Crippen LogP contribution in [0.15, 0.2) is 42.6 Å². The topological polar surface area (TPSA) is 29.9 Å². The van der Waals surface area contributed by atoms with Gasteiger partial charge in [0.15, 0.2) is 0 Å². The minimum atomic E-state index is -4.34. The van der Waals surface area contributed by atoms with Gasteiger partial charge < -0.3 is 0 Å². The van der Waals surface area contributed by atoms with E-state index in [-0.39, 0.29) is 12.1 Å². The molecular formula is C13H14F3N3. The van der Waals surface area contributed by atoms with Gasteiger partial charge in [-0.2, -0.15) is 18.3 Å². The first-order valence-electron chi connectivity index (χ1n) is 5.80. The highest BCUT2D eigenvalue weighted by atomic mass is 19.4. The molecule has 6 heteroatoms. The summed E-state index contributed by atoms with van der Waals surface area (Å²) in [4.78, 5) is 0. The number of nitrogens with zero attached hydrogens (tertiary/aromatic N) is 2. The summed E-state index contributed by atoms with van der Waals surface area (Å²) in [5.41, 5.74) is 0.776. The lowest BCUT2D eigenvalue weighted by Gasteiger charge is -2.21. The van der Waals surface area contributed by atoms with E-state index in [9.17, 15) is 13.2 Å². The average molecular weight is 269 g/mol. The quantitative estimate of drug-likeness (QED) is 0.925. The lowest BCUT2D eigenvalue weighted by Crippen LogP contribution is -2.33. The van der Waals surface area contributed by atoms with Crippen LogP contribution in [-0.2, 0) is 13.6 Å². The zero-order valence-electron chi connectivity index (χ0n) is 10.4. The smallest absolute Gasteiger partial charge is 0.297 e. The second-order valence-corrected chi connectivity index (χ2v) is 4.25. The van der Waals surface area contributed by atoms with Gasteiger partial charge in [0.05, 0.1) is 5.69 Å². The van der Waals surface area contributed by atoms with Crippen LogP contribution in [0, 0.1) is 0 Å². The molecule has 0 aliphatic carbocycles. The fraction of sp³-hybridized carbons (Fsp3) is 0.308. The number of alkyl halides is 3. The van der Waals surface area contributed by atoms with Gasteiger partial charge in [-0.1, -0.05) is 30.3 Å². The predicted molar refractivity (Wildman–Crippen MR) is 65.3 cm³/mol. The van der Waals surface area contributed by atoms with E-state index in [2.05, 4.69) is 10.4 Å². The Labute approximate surface area is 109 Å². The molecule has 1 aromatic carbocycles. The first-order chi connectivity index (χ1) is 8.97. The van der Waals surface area contributed by atoms with Crippen molar-refractivity contribution in [2.24, 2.45) is 7.05 Å². The molecular weight excluding hydrogens is 255 g/mol. The molecule has 0 spiro atoms. The number of rotatable bonds is 4. The molecule has 2 aromatic rings. The Morgan fingerprint density at radius 3 is 2.42 bits per heavy atom. The lowest BCUT2D eigenvalue weighted by molar-refractivity contribution is -0.158. The summed E-state index contributed by atoms with van der Waals surface area (Å²) in [6, 6.07) is 7.80. The van der Waals surface area contributed by atoms with Gasteiger partial charge >= 0.3 is 6.18 Å². The fourth-order valence-corrected chi connectivity index (χ4v) is 1.83. The Morgan fingerprint density at radius 1 is 1.21 bits per heavy atom. The molecule has 0 bridgehead atoms. The zero-order valence-corrected chi connectivity index (χ0v) is 10.4. The largest absolute Gasteiger partial charge is 0.407 e. The van der Waals surface area contributed by atoms with Gasteiger partial charge in [-0.05, 0) is 11.6 Å². The van der Waals surface area contributed by atoms with Gasteiger partial charge in [0.25, 0.3) is 0 Å². The second-order valence-electron chi connectivity index (χ2n) is 4.25. The van der Waals surface area contributed by atoms with Crippen molar-refractivity contribution in [1.82, 2.24) is 15.1 Å². The van der Waals surface area contributed by atoms with E-state index in [1.165, 1.54) is 12.1 Å². The minimum absolute atomic E-state index is 0.0694. The lowest BCUT2D eigenvalue weighted by atomic mass is 10.1. The second kappa shape index (κ2) is 5.44. The van der Waals surface area contributed by atoms with Crippen molar-refractivity contribution < 1.29 is 13.2 Å². The van der Waals surface area contributed by atoms with Crippen molar-refractivity contribution in [3.8, 4) is 0 Å². The maximum atomic E-state index is 13.0. The maximum Gasteiger partial charge on any atom is 0.407 e. The van der Waals surface area contributed by atoms with Crippen molar-refractivity contribution >= 4 is 0 Å². The molecule has 3 nitrogen and oxygen atoms in total. The van der Waals surface area contributed by atoms with Crippen molar-refractivity contribution in [3.05, 3.63) is 53.9 Å². The van der Waals surface area contributed by atoms with E-state index in [4.69, 9.17) is 0 Å². The molecule has 0 saturated carbocycles. The average Bonchev–Trinajstić information content (AvgIpc) is 2.75. The van der Waals surface area contributed by atoms with Gasteiger partial charge in [0.2, 0.25) is 0 Å². The van der Waals surface area contributed by atoms with Crippen LogP contribution in [0.3, 0.4) is 0 Å². The van der Waals surface area contributed by atoms with E-state index < -0.39 is 12.2 Å². The van der Waals surface area contributed by atoms with Crippen LogP contribution in [0.2, 0.25) is 0 Å². The van der Waals surface area contributed by atoms with Gasteiger partial charge in [-0.3, -0.25) is 10.00 Å². The molecule has 2 rings (SSSR count). The van der Waals surface area contributed by atoms with Crippen LogP contribution in [0.4, 0.5) is 13.2 Å². The first kappa shape index (κ1) is 13.6. The number of hydrogen-bond acceptors (Lipinski definition) is 2. The summed E-state index contributed by atoms with van der Waals surface area (Å²) in [6.45, 7) is 0.0694. The number of benzene rings is 1. The Morgan fingerprint density at radius 2 is 1.89 bits per heavy atom. The molecule has 0 aliphatic rings. The Kier molecular flexibility index (Phi) is 3.90. The fourth-order valence-electron chi connectivity index (χ4n) is 1.83. The summed E-state index contributed by atoms with van der Waals surface area (Å²) in [6.07, 6.45) is -2.64. The highest BCUT2D eigenvalue weighted by molar-refractivity contribution is 5.20. The number of halogens is 3. The van der Waals surface area contributed by atoms with E-state index in [0.29, 0.717) is 5.69 Å². The van der Waals surface area contributed by atoms with E-state index >= 15 is 0 Å². The summed E-state index contributed by atoms with van der Waals surface area (Å²) >= 11 is 0. The molecule has 0 aliphatic heterocycles. The van der Waals surface area contributed by atoms with Crippen LogP contribution in [0.1, 0.15) is 17.3 Å². The number of nitrogens with one attached hydrogen (secondary N) is 1. The van der Waals surface area contributed by atoms with Gasteiger partial charge in [0.1, 0.15) is 6.04 Å². The Bertz CT molecular complexity index is 519. The molecule has 1 atom stereocenters. The Hall–Kier alpha value is -1.82. The summed E-state index contributed by atoms with van der Waals surface area (Å²) in [5.74, 6) is 0. The summed E-state index contributed by atoms with van der Waals surface area (Å²) in [7, 11) is 1.72. The van der Waals surface area contributed by atoms with Crippen molar-refractivity contribution in [2.75, 3.05) is 0 Å². The van der Waals surface area contributed by atoms with Gasteiger partial charge in [-0.15, -0.1) is 0 Å². The third-order valence-corrected chi connectivity index (χ3v) is 2.72. The molecule has 1 heterocycles. The number of aryl methyl sites for hydroxylation is 1. The van der Waals surface area contributed by atoms with E-state index in [1.807, 2.05) is 0 Å². The van der Waals surface area contributed by atoms with Crippen molar-refractivity contribution in [2.45, 2.75) is 18.8 Å². The molecule has 0 fully saturated rings. The third-order valence-electron chi connectivity index (χ3n) is 2.72. The van der Waals surface area contributed by atoms with E-state index in [1.54, 1.807) is 42.2 Å². The SMILES string of the molecule is Cn1ccc(CNC(c2ccccc2)C(F)(F)F)n1. The van der Waals surface area contributed by atoms with Crippen LogP contribution >= 0.6 is 0 Å². The van der Waals surface area contributed by atoms with Crippen LogP contribution < -0.4 is 5.32 Å². The van der Waals surface area contributed by atoms with Crippen molar-refractivity contribution in [1.29, 1.82) is 0 Å². The molecule has 102 valence electrons. The highest BCUT2D eigenvalue weighted by Gasteiger charge is 2.40. The standard InChI is InChI=1S/C13H14F3N3/c1-19-8-7-11(18-19)9-17-12(13(14,15)16)10-5-3-2-4-6-10/h2-8,12,17H,9H2,1H3. The van der Waals surface area contributed by atoms with Crippen LogP contribution in [0.25, 0.3) is 0 Å². The van der Waals surface area contributed by atoms with Gasteiger partial charge in [-0.25, -0.2) is 0 Å². The number of aromatic nitrogens is 2. The maximum absolute atomic E-state index is 13.0. The molecule has 0 amide bonds. The van der Waals surface area contributed by atoms with E-state index in [0.717, 1.165) is 0 Å². The highest BCUT2D eigenvalue weighted by Crippen LogP contribution is 2.32. The molecule has 1 aromatic heterocycles. The zero-order chi connectivity index (χ0) is 13.9. The molecule has 0 radical (unpaired) electrons. The molecule has 1 unspecified atom stereocenters. The third kappa shape index (κ3) is 3.57. The summed E-state index contributed by atoms with van der Waals surface area (Å²) < 4.78 is 40.6. The molecule has 1 N–H and O–H groups in total. The normalized spacial score (nSPS) is 13.5. The first-order valence-corrected chi connectivity index (χ1v) is 5.80. The Balaban J connectivity index is 2.11. The molecule has 0 saturated heterocycles. The predicted octanol–water partition coefficient (Wildman–Crippen LogP) is 2.81. The van der Waals surface area contributed by atoms with Crippen LogP contribution in [0.5, 0.6) is 0 Å². The van der Waals surface area contributed by atoms with Crippen molar-refractivity contribution in [3.63, 3.8) is 0 Å². The summed E-state index contributed by atoms with van der Waals surface area (Å²) in [5, 5.41) is 6.55.